The Balaban J connectivity index is 1.78. The average molecular weight is 266 g/mol. The first-order chi connectivity index (χ1) is 9.78. The van der Waals surface area contributed by atoms with Crippen LogP contribution in [0.3, 0.4) is 0 Å². The third kappa shape index (κ3) is 2.51. The molecule has 1 aliphatic heterocycles. The summed E-state index contributed by atoms with van der Waals surface area (Å²) in [6.45, 7) is 4.21. The molecule has 0 aliphatic carbocycles. The van der Waals surface area contributed by atoms with Gasteiger partial charge in [0, 0.05) is 31.5 Å². The zero-order chi connectivity index (χ0) is 13.9. The van der Waals surface area contributed by atoms with Crippen LogP contribution >= 0.6 is 0 Å². The standard InChI is InChI=1S/C18H22N2/c1-3-14-7-9-17(10-8-14)20(2)13-16-6-4-5-15-11-12-19-18(15)16/h4-10,19H,3,11-13H2,1-2H3. The van der Waals surface area contributed by atoms with E-state index >= 15 is 0 Å². The highest BCUT2D eigenvalue weighted by molar-refractivity contribution is 5.62. The summed E-state index contributed by atoms with van der Waals surface area (Å²) in [5.41, 5.74) is 6.87. The number of benzene rings is 2. The predicted molar refractivity (Wildman–Crippen MR) is 86.6 cm³/mol. The van der Waals surface area contributed by atoms with Crippen molar-refractivity contribution in [2.45, 2.75) is 26.3 Å². The van der Waals surface area contributed by atoms with Crippen LogP contribution in [0.4, 0.5) is 11.4 Å². The van der Waals surface area contributed by atoms with Gasteiger partial charge in [-0.3, -0.25) is 0 Å². The molecule has 0 unspecified atom stereocenters. The molecule has 2 aromatic carbocycles. The number of anilines is 2. The van der Waals surface area contributed by atoms with Crippen molar-refractivity contribution in [2.75, 3.05) is 23.8 Å². The van der Waals surface area contributed by atoms with Gasteiger partial charge in [-0.2, -0.15) is 0 Å². The van der Waals surface area contributed by atoms with E-state index in [0.717, 1.165) is 25.9 Å². The van der Waals surface area contributed by atoms with Crippen molar-refractivity contribution in [3.05, 3.63) is 59.2 Å². The fraction of sp³-hybridized carbons (Fsp3) is 0.333. The summed E-state index contributed by atoms with van der Waals surface area (Å²) in [5, 5.41) is 3.52. The summed E-state index contributed by atoms with van der Waals surface area (Å²) in [5.74, 6) is 0. The van der Waals surface area contributed by atoms with Gasteiger partial charge in [-0.1, -0.05) is 37.3 Å². The van der Waals surface area contributed by atoms with E-state index in [9.17, 15) is 0 Å². The summed E-state index contributed by atoms with van der Waals surface area (Å²) >= 11 is 0. The van der Waals surface area contributed by atoms with E-state index < -0.39 is 0 Å². The number of hydrogen-bond acceptors (Lipinski definition) is 2. The Labute approximate surface area is 121 Å². The van der Waals surface area contributed by atoms with Gasteiger partial charge in [0.2, 0.25) is 0 Å². The zero-order valence-electron chi connectivity index (χ0n) is 12.3. The molecule has 0 saturated carbocycles. The topological polar surface area (TPSA) is 15.3 Å². The molecule has 1 N–H and O–H groups in total. The summed E-state index contributed by atoms with van der Waals surface area (Å²) in [7, 11) is 2.16. The van der Waals surface area contributed by atoms with Gasteiger partial charge in [0.05, 0.1) is 0 Å². The van der Waals surface area contributed by atoms with E-state index in [1.54, 1.807) is 0 Å². The first-order valence-corrected chi connectivity index (χ1v) is 7.42. The van der Waals surface area contributed by atoms with Crippen molar-refractivity contribution < 1.29 is 0 Å². The van der Waals surface area contributed by atoms with E-state index in [1.807, 2.05) is 0 Å². The van der Waals surface area contributed by atoms with Crippen LogP contribution in [-0.4, -0.2) is 13.6 Å². The van der Waals surface area contributed by atoms with Crippen LogP contribution < -0.4 is 10.2 Å². The second kappa shape index (κ2) is 5.58. The van der Waals surface area contributed by atoms with E-state index in [4.69, 9.17) is 0 Å². The molecule has 1 heterocycles. The minimum Gasteiger partial charge on any atom is -0.384 e. The molecule has 0 spiro atoms. The average Bonchev–Trinajstić information content (AvgIpc) is 2.97. The van der Waals surface area contributed by atoms with Crippen LogP contribution in [0.5, 0.6) is 0 Å². The van der Waals surface area contributed by atoms with Crippen LogP contribution in [0.1, 0.15) is 23.6 Å². The lowest BCUT2D eigenvalue weighted by molar-refractivity contribution is 0.923. The van der Waals surface area contributed by atoms with Crippen molar-refractivity contribution >= 4 is 11.4 Å². The molecule has 104 valence electrons. The molecule has 0 bridgehead atoms. The third-order valence-electron chi connectivity index (χ3n) is 4.13. The van der Waals surface area contributed by atoms with Crippen LogP contribution in [0.15, 0.2) is 42.5 Å². The zero-order valence-corrected chi connectivity index (χ0v) is 12.3. The van der Waals surface area contributed by atoms with Crippen molar-refractivity contribution in [3.63, 3.8) is 0 Å². The fourth-order valence-corrected chi connectivity index (χ4v) is 2.88. The molecule has 0 saturated heterocycles. The minimum absolute atomic E-state index is 0.946. The number of nitrogens with zero attached hydrogens (tertiary/aromatic N) is 1. The Morgan fingerprint density at radius 2 is 1.90 bits per heavy atom. The number of nitrogens with one attached hydrogen (secondary N) is 1. The molecule has 1 aliphatic rings. The summed E-state index contributed by atoms with van der Waals surface area (Å²) in [6, 6.07) is 15.5. The smallest absolute Gasteiger partial charge is 0.0446 e. The quantitative estimate of drug-likeness (QED) is 0.904. The molecule has 2 heteroatoms. The van der Waals surface area contributed by atoms with Gasteiger partial charge in [0.15, 0.2) is 0 Å². The lowest BCUT2D eigenvalue weighted by Crippen LogP contribution is -2.17. The third-order valence-corrected chi connectivity index (χ3v) is 4.13. The number of hydrogen-bond donors (Lipinski definition) is 1. The SMILES string of the molecule is CCc1ccc(N(C)Cc2cccc3c2NCC3)cc1. The van der Waals surface area contributed by atoms with Crippen molar-refractivity contribution in [1.82, 2.24) is 0 Å². The highest BCUT2D eigenvalue weighted by Gasteiger charge is 2.14. The van der Waals surface area contributed by atoms with Gasteiger partial charge in [0.25, 0.3) is 0 Å². The van der Waals surface area contributed by atoms with E-state index in [0.29, 0.717) is 0 Å². The van der Waals surface area contributed by atoms with E-state index in [-0.39, 0.29) is 0 Å². The molecule has 20 heavy (non-hydrogen) atoms. The van der Waals surface area contributed by atoms with Gasteiger partial charge in [-0.15, -0.1) is 0 Å². The van der Waals surface area contributed by atoms with Crippen LogP contribution in [0.25, 0.3) is 0 Å². The van der Waals surface area contributed by atoms with Crippen LogP contribution in [0, 0.1) is 0 Å². The largest absolute Gasteiger partial charge is 0.384 e. The number of para-hydroxylation sites is 1. The van der Waals surface area contributed by atoms with Crippen LogP contribution in [0.2, 0.25) is 0 Å². The monoisotopic (exact) mass is 266 g/mol. The maximum atomic E-state index is 3.52. The molecule has 0 atom stereocenters. The Kier molecular flexibility index (Phi) is 3.64. The lowest BCUT2D eigenvalue weighted by atomic mass is 10.1. The Bertz CT molecular complexity index is 587. The predicted octanol–water partition coefficient (Wildman–Crippen LogP) is 3.85. The second-order valence-corrected chi connectivity index (χ2v) is 5.50. The Morgan fingerprint density at radius 3 is 2.65 bits per heavy atom. The van der Waals surface area contributed by atoms with Crippen molar-refractivity contribution in [1.29, 1.82) is 0 Å². The number of aryl methyl sites for hydroxylation is 1. The first kappa shape index (κ1) is 13.0. The summed E-state index contributed by atoms with van der Waals surface area (Å²) in [4.78, 5) is 2.31. The number of rotatable bonds is 4. The fourth-order valence-electron chi connectivity index (χ4n) is 2.88. The van der Waals surface area contributed by atoms with Crippen LogP contribution in [-0.2, 0) is 19.4 Å². The van der Waals surface area contributed by atoms with Crippen molar-refractivity contribution in [2.24, 2.45) is 0 Å². The van der Waals surface area contributed by atoms with Gasteiger partial charge < -0.3 is 10.2 Å². The molecule has 0 amide bonds. The van der Waals surface area contributed by atoms with E-state index in [2.05, 4.69) is 66.7 Å². The van der Waals surface area contributed by atoms with Gasteiger partial charge in [-0.05, 0) is 41.7 Å². The first-order valence-electron chi connectivity index (χ1n) is 7.42. The van der Waals surface area contributed by atoms with Gasteiger partial charge in [-0.25, -0.2) is 0 Å². The highest BCUT2D eigenvalue weighted by Crippen LogP contribution is 2.28. The number of fused-ring (bicyclic) bond motifs is 1. The maximum absolute atomic E-state index is 3.52. The molecule has 2 aromatic rings. The molecular formula is C18H22N2. The maximum Gasteiger partial charge on any atom is 0.0446 e. The molecule has 3 rings (SSSR count). The summed E-state index contributed by atoms with van der Waals surface area (Å²) < 4.78 is 0. The minimum atomic E-state index is 0.946. The Morgan fingerprint density at radius 1 is 1.10 bits per heavy atom. The molecule has 2 nitrogen and oxygen atoms in total. The highest BCUT2D eigenvalue weighted by atomic mass is 15.1. The van der Waals surface area contributed by atoms with Gasteiger partial charge in [0.1, 0.15) is 0 Å². The summed E-state index contributed by atoms with van der Waals surface area (Å²) in [6.07, 6.45) is 2.25. The normalized spacial score (nSPS) is 12.9. The molecule has 0 fully saturated rings. The van der Waals surface area contributed by atoms with Gasteiger partial charge >= 0.3 is 0 Å². The molecule has 0 aromatic heterocycles. The van der Waals surface area contributed by atoms with E-state index in [1.165, 1.54) is 28.1 Å². The lowest BCUT2D eigenvalue weighted by Gasteiger charge is -2.21. The molecular weight excluding hydrogens is 244 g/mol. The Hall–Kier alpha value is -1.96. The molecule has 0 radical (unpaired) electrons. The second-order valence-electron chi connectivity index (χ2n) is 5.50. The van der Waals surface area contributed by atoms with Crippen molar-refractivity contribution in [3.8, 4) is 0 Å².